The Morgan fingerprint density at radius 3 is 2.19 bits per heavy atom. The van der Waals surface area contributed by atoms with Crippen molar-refractivity contribution in [3.8, 4) is 23.5 Å². The highest BCUT2D eigenvalue weighted by molar-refractivity contribution is 6.02. The molecule has 2 atom stereocenters. The first-order chi connectivity index (χ1) is 19.9. The summed E-state index contributed by atoms with van der Waals surface area (Å²) in [4.78, 5) is 4.20. The van der Waals surface area contributed by atoms with Gasteiger partial charge in [0.2, 0.25) is 0 Å². The van der Waals surface area contributed by atoms with Crippen molar-refractivity contribution >= 4 is 5.71 Å². The zero-order valence-electron chi connectivity index (χ0n) is 23.5. The van der Waals surface area contributed by atoms with Gasteiger partial charge >= 0.3 is 12.4 Å². The summed E-state index contributed by atoms with van der Waals surface area (Å²) in [6.45, 7) is 0.936. The highest BCUT2D eigenvalue weighted by Gasteiger charge is 2.53. The molecule has 1 aliphatic heterocycles. The Kier molecular flexibility index (Phi) is 8.29. The van der Waals surface area contributed by atoms with Crippen molar-refractivity contribution in [2.75, 3.05) is 6.54 Å². The molecular weight excluding hydrogens is 548 g/mol. The maximum absolute atomic E-state index is 13.9. The Balaban J connectivity index is 1.40. The van der Waals surface area contributed by atoms with Gasteiger partial charge in [0.05, 0.1) is 17.5 Å². The van der Waals surface area contributed by atoms with Crippen molar-refractivity contribution in [1.29, 1.82) is 0 Å². The standard InChI is InChI=1S/C35H33F6N/c1-3-24-12-17-29(20-31(24)34(36,37)38)30(26-9-5-4-6-10-26)19-23-8-7-11-28(18-23)25-13-15-27(16-14-25)32-21-33(2,22-42-32)35(39,40)41/h1,7-8,11-18,20,26,30H,4-6,9-10,19,21-22H2,2H3. The molecule has 42 heavy (non-hydrogen) atoms. The van der Waals surface area contributed by atoms with E-state index in [0.717, 1.165) is 48.8 Å². The molecule has 1 heterocycles. The molecule has 2 unspecified atom stereocenters. The maximum Gasteiger partial charge on any atom is 0.417 e. The van der Waals surface area contributed by atoms with Gasteiger partial charge in [-0.3, -0.25) is 4.99 Å². The highest BCUT2D eigenvalue weighted by atomic mass is 19.4. The summed E-state index contributed by atoms with van der Waals surface area (Å²) in [5, 5.41) is 0. The molecule has 5 rings (SSSR count). The van der Waals surface area contributed by atoms with Crippen LogP contribution in [0.15, 0.2) is 71.7 Å². The van der Waals surface area contributed by atoms with Gasteiger partial charge < -0.3 is 0 Å². The Morgan fingerprint density at radius 2 is 1.57 bits per heavy atom. The first-order valence-electron chi connectivity index (χ1n) is 14.4. The van der Waals surface area contributed by atoms with Crippen molar-refractivity contribution in [3.05, 3.63) is 94.5 Å². The number of hydrogen-bond acceptors (Lipinski definition) is 1. The number of alkyl halides is 6. The van der Waals surface area contributed by atoms with Crippen LogP contribution < -0.4 is 0 Å². The van der Waals surface area contributed by atoms with Crippen LogP contribution in [0, 0.1) is 23.7 Å². The summed E-state index contributed by atoms with van der Waals surface area (Å²) in [6, 6.07) is 19.7. The zero-order valence-corrected chi connectivity index (χ0v) is 23.5. The molecule has 0 N–H and O–H groups in total. The van der Waals surface area contributed by atoms with E-state index in [0.29, 0.717) is 23.3 Å². The summed E-state index contributed by atoms with van der Waals surface area (Å²) in [7, 11) is 0. The quantitative estimate of drug-likeness (QED) is 0.203. The number of rotatable bonds is 6. The summed E-state index contributed by atoms with van der Waals surface area (Å²) in [5.74, 6) is 2.37. The molecule has 0 bridgehead atoms. The predicted octanol–water partition coefficient (Wildman–Crippen LogP) is 10.0. The van der Waals surface area contributed by atoms with E-state index in [9.17, 15) is 26.3 Å². The van der Waals surface area contributed by atoms with E-state index >= 15 is 0 Å². The molecule has 7 heteroatoms. The molecule has 0 amide bonds. The molecule has 1 aliphatic carbocycles. The number of hydrogen-bond donors (Lipinski definition) is 0. The molecule has 3 aromatic carbocycles. The zero-order chi connectivity index (χ0) is 30.1. The van der Waals surface area contributed by atoms with Gasteiger partial charge in [-0.15, -0.1) is 6.42 Å². The van der Waals surface area contributed by atoms with Gasteiger partial charge in [-0.2, -0.15) is 26.3 Å². The fraction of sp³-hybridized carbons (Fsp3) is 0.400. The van der Waals surface area contributed by atoms with E-state index < -0.39 is 23.3 Å². The van der Waals surface area contributed by atoms with Crippen molar-refractivity contribution in [1.82, 2.24) is 0 Å². The molecule has 0 radical (unpaired) electrons. The molecule has 0 aromatic heterocycles. The lowest BCUT2D eigenvalue weighted by Crippen LogP contribution is -2.36. The number of aliphatic imine (C=N–C) groups is 1. The monoisotopic (exact) mass is 581 g/mol. The number of benzene rings is 3. The predicted molar refractivity (Wildman–Crippen MR) is 154 cm³/mol. The van der Waals surface area contributed by atoms with Gasteiger partial charge in [-0.1, -0.05) is 79.8 Å². The van der Waals surface area contributed by atoms with Gasteiger partial charge in [0.1, 0.15) is 0 Å². The normalized spacial score (nSPS) is 20.7. The second-order valence-electron chi connectivity index (χ2n) is 11.9. The van der Waals surface area contributed by atoms with Crippen molar-refractivity contribution < 1.29 is 26.3 Å². The minimum atomic E-state index is -4.53. The fourth-order valence-electron chi connectivity index (χ4n) is 6.37. The van der Waals surface area contributed by atoms with Gasteiger partial charge in [-0.25, -0.2) is 0 Å². The third kappa shape index (κ3) is 6.28. The van der Waals surface area contributed by atoms with Crippen LogP contribution in [0.25, 0.3) is 11.1 Å². The fourth-order valence-corrected chi connectivity index (χ4v) is 6.37. The van der Waals surface area contributed by atoms with E-state index in [1.807, 2.05) is 30.3 Å². The van der Waals surface area contributed by atoms with Crippen LogP contribution in [0.4, 0.5) is 26.3 Å². The van der Waals surface area contributed by atoms with Gasteiger partial charge in [-0.05, 0) is 78.0 Å². The second-order valence-corrected chi connectivity index (χ2v) is 11.9. The topological polar surface area (TPSA) is 12.4 Å². The molecular formula is C35H33F6N. The van der Waals surface area contributed by atoms with Gasteiger partial charge in [0.15, 0.2) is 0 Å². The first-order valence-corrected chi connectivity index (χ1v) is 14.4. The Morgan fingerprint density at radius 1 is 0.881 bits per heavy atom. The van der Waals surface area contributed by atoms with Gasteiger partial charge in [0.25, 0.3) is 0 Å². The van der Waals surface area contributed by atoms with E-state index in [1.54, 1.807) is 18.2 Å². The second kappa shape index (κ2) is 11.6. The summed E-state index contributed by atoms with van der Waals surface area (Å²) in [5.41, 5.74) is 1.90. The average Bonchev–Trinajstić information content (AvgIpc) is 3.39. The van der Waals surface area contributed by atoms with Crippen molar-refractivity contribution in [3.63, 3.8) is 0 Å². The number of halogens is 6. The lowest BCUT2D eigenvalue weighted by Gasteiger charge is -2.31. The van der Waals surface area contributed by atoms with E-state index in [-0.39, 0.29) is 30.4 Å². The molecule has 220 valence electrons. The van der Waals surface area contributed by atoms with E-state index in [4.69, 9.17) is 6.42 Å². The molecule has 0 saturated heterocycles. The minimum Gasteiger partial charge on any atom is -0.288 e. The molecule has 3 aromatic rings. The SMILES string of the molecule is C#Cc1ccc(C(Cc2cccc(-c3ccc(C4=NCC(C)(C(F)(F)F)C4)cc3)c2)C2CCCCC2)cc1C(F)(F)F. The Bertz CT molecular complexity index is 1490. The molecule has 1 nitrogen and oxygen atoms in total. The van der Waals surface area contributed by atoms with Crippen LogP contribution in [0.1, 0.15) is 79.2 Å². The van der Waals surface area contributed by atoms with Crippen LogP contribution in [-0.2, 0) is 12.6 Å². The van der Waals surface area contributed by atoms with Crippen LogP contribution >= 0.6 is 0 Å². The third-order valence-electron chi connectivity index (χ3n) is 8.95. The summed E-state index contributed by atoms with van der Waals surface area (Å²) >= 11 is 0. The highest BCUT2D eigenvalue weighted by Crippen LogP contribution is 2.45. The lowest BCUT2D eigenvalue weighted by molar-refractivity contribution is -0.209. The Labute approximate surface area is 243 Å². The van der Waals surface area contributed by atoms with Crippen molar-refractivity contribution in [2.45, 2.75) is 70.1 Å². The van der Waals surface area contributed by atoms with E-state index in [2.05, 4.69) is 17.0 Å². The smallest absolute Gasteiger partial charge is 0.288 e. The number of nitrogens with zero attached hydrogens (tertiary/aromatic N) is 1. The molecule has 0 spiro atoms. The summed E-state index contributed by atoms with van der Waals surface area (Å²) < 4.78 is 81.9. The average molecular weight is 582 g/mol. The molecule has 2 aliphatic rings. The minimum absolute atomic E-state index is 0.0841. The molecule has 1 saturated carbocycles. The van der Waals surface area contributed by atoms with Crippen LogP contribution in [-0.4, -0.2) is 18.4 Å². The van der Waals surface area contributed by atoms with E-state index in [1.165, 1.54) is 19.1 Å². The maximum atomic E-state index is 13.9. The summed E-state index contributed by atoms with van der Waals surface area (Å²) in [6.07, 6.45) is 2.20. The largest absolute Gasteiger partial charge is 0.417 e. The lowest BCUT2D eigenvalue weighted by atomic mass is 9.73. The van der Waals surface area contributed by atoms with Crippen molar-refractivity contribution in [2.24, 2.45) is 16.3 Å². The van der Waals surface area contributed by atoms with Crippen LogP contribution in [0.5, 0.6) is 0 Å². The number of terminal acetylenes is 1. The molecule has 1 fully saturated rings. The first kappa shape index (κ1) is 29.9. The third-order valence-corrected chi connectivity index (χ3v) is 8.95. The van der Waals surface area contributed by atoms with Crippen LogP contribution in [0.3, 0.4) is 0 Å². The Hall–Kier alpha value is -3.53. The van der Waals surface area contributed by atoms with Gasteiger partial charge in [0, 0.05) is 17.7 Å². The van der Waals surface area contributed by atoms with Crippen LogP contribution in [0.2, 0.25) is 0 Å².